The number of amides is 2. The normalized spacial score (nSPS) is 10.8. The molecule has 0 aromatic heterocycles. The Hall–Kier alpha value is -3.27. The fourth-order valence-electron chi connectivity index (χ4n) is 2.07. The highest BCUT2D eigenvalue weighted by atomic mass is 35.5. The van der Waals surface area contributed by atoms with Crippen LogP contribution in [0, 0.1) is 0 Å². The minimum absolute atomic E-state index is 0.0249. The summed E-state index contributed by atoms with van der Waals surface area (Å²) in [5, 5.41) is 4.47. The Labute approximate surface area is 167 Å². The van der Waals surface area contributed by atoms with E-state index in [1.807, 2.05) is 0 Å². The number of benzene rings is 2. The minimum atomic E-state index is -5.03. The van der Waals surface area contributed by atoms with Crippen molar-refractivity contribution in [2.75, 3.05) is 24.4 Å². The van der Waals surface area contributed by atoms with Gasteiger partial charge in [-0.2, -0.15) is 13.2 Å². The van der Waals surface area contributed by atoms with E-state index >= 15 is 0 Å². The van der Waals surface area contributed by atoms with Gasteiger partial charge in [0.25, 0.3) is 5.91 Å². The van der Waals surface area contributed by atoms with Gasteiger partial charge in [0.2, 0.25) is 0 Å². The molecule has 0 saturated heterocycles. The minimum Gasteiger partial charge on any atom is -0.495 e. The summed E-state index contributed by atoms with van der Waals surface area (Å²) in [7, 11) is 1.40. The lowest BCUT2D eigenvalue weighted by molar-refractivity contribution is -0.167. The molecule has 7 nitrogen and oxygen atoms in total. The number of carbonyl (C=O) groups is 3. The molecule has 0 fully saturated rings. The molecule has 0 aliphatic heterocycles. The van der Waals surface area contributed by atoms with Crippen LogP contribution in [0.2, 0.25) is 5.02 Å². The van der Waals surface area contributed by atoms with E-state index in [0.717, 1.165) is 24.3 Å². The van der Waals surface area contributed by atoms with Gasteiger partial charge in [0.1, 0.15) is 5.75 Å². The van der Waals surface area contributed by atoms with Crippen molar-refractivity contribution in [3.63, 3.8) is 0 Å². The maximum Gasteiger partial charge on any atom is 0.471 e. The molecule has 0 aliphatic carbocycles. The van der Waals surface area contributed by atoms with Crippen molar-refractivity contribution in [1.29, 1.82) is 0 Å². The number of carbonyl (C=O) groups excluding carboxylic acids is 3. The molecule has 0 bridgehead atoms. The van der Waals surface area contributed by atoms with Gasteiger partial charge in [-0.25, -0.2) is 4.79 Å². The fourth-order valence-corrected chi connectivity index (χ4v) is 2.24. The second kappa shape index (κ2) is 9.28. The van der Waals surface area contributed by atoms with E-state index in [1.165, 1.54) is 13.2 Å². The second-order valence-corrected chi connectivity index (χ2v) is 5.93. The van der Waals surface area contributed by atoms with E-state index in [2.05, 4.69) is 5.32 Å². The third-order valence-electron chi connectivity index (χ3n) is 3.41. The molecule has 2 aromatic carbocycles. The van der Waals surface area contributed by atoms with Gasteiger partial charge >= 0.3 is 18.1 Å². The molecule has 0 radical (unpaired) electrons. The van der Waals surface area contributed by atoms with Crippen LogP contribution in [0.5, 0.6) is 5.75 Å². The van der Waals surface area contributed by atoms with Gasteiger partial charge in [-0.05, 0) is 42.5 Å². The van der Waals surface area contributed by atoms with Crippen LogP contribution in [-0.4, -0.2) is 37.7 Å². The number of hydrogen-bond acceptors (Lipinski definition) is 5. The first-order chi connectivity index (χ1) is 13.6. The predicted molar refractivity (Wildman–Crippen MR) is 98.0 cm³/mol. The zero-order valence-corrected chi connectivity index (χ0v) is 15.6. The smallest absolute Gasteiger partial charge is 0.471 e. The van der Waals surface area contributed by atoms with Gasteiger partial charge in [-0.3, -0.25) is 9.59 Å². The van der Waals surface area contributed by atoms with E-state index in [-0.39, 0.29) is 16.9 Å². The molecule has 0 heterocycles. The summed E-state index contributed by atoms with van der Waals surface area (Å²) in [6, 6.07) is 9.04. The lowest BCUT2D eigenvalue weighted by Crippen LogP contribution is -2.29. The van der Waals surface area contributed by atoms with Crippen LogP contribution >= 0.6 is 11.6 Å². The number of halogens is 4. The second-order valence-electron chi connectivity index (χ2n) is 5.50. The Balaban J connectivity index is 1.91. The summed E-state index contributed by atoms with van der Waals surface area (Å²) in [5.41, 5.74) is 0.101. The first kappa shape index (κ1) is 22.0. The molecule has 2 aromatic rings. The number of rotatable bonds is 6. The van der Waals surface area contributed by atoms with Gasteiger partial charge in [-0.15, -0.1) is 0 Å². The molecule has 0 spiro atoms. The standard InChI is InChI=1S/C18H14ClF3N2O5/c1-28-14-7-4-11(19)8-13(14)24-15(25)9-29-16(26)10-2-5-12(6-3-10)23-17(27)18(20,21)22/h2-8H,9H2,1H3,(H,23,27)(H,24,25). The highest BCUT2D eigenvalue weighted by Crippen LogP contribution is 2.27. The number of alkyl halides is 3. The van der Waals surface area contributed by atoms with Crippen molar-refractivity contribution in [1.82, 2.24) is 0 Å². The van der Waals surface area contributed by atoms with E-state index in [1.54, 1.807) is 17.4 Å². The third-order valence-corrected chi connectivity index (χ3v) is 3.64. The molecule has 0 saturated carbocycles. The molecule has 29 heavy (non-hydrogen) atoms. The summed E-state index contributed by atoms with van der Waals surface area (Å²) in [4.78, 5) is 34.8. The Morgan fingerprint density at radius 3 is 2.28 bits per heavy atom. The van der Waals surface area contributed by atoms with Crippen molar-refractivity contribution >= 4 is 40.8 Å². The largest absolute Gasteiger partial charge is 0.495 e. The first-order valence-electron chi connectivity index (χ1n) is 7.89. The first-order valence-corrected chi connectivity index (χ1v) is 8.26. The van der Waals surface area contributed by atoms with Crippen LogP contribution in [0.3, 0.4) is 0 Å². The average molecular weight is 431 g/mol. The Bertz CT molecular complexity index is 917. The highest BCUT2D eigenvalue weighted by molar-refractivity contribution is 6.31. The van der Waals surface area contributed by atoms with E-state index in [9.17, 15) is 27.6 Å². The van der Waals surface area contributed by atoms with Crippen LogP contribution < -0.4 is 15.4 Å². The van der Waals surface area contributed by atoms with Crippen molar-refractivity contribution in [2.24, 2.45) is 0 Å². The van der Waals surface area contributed by atoms with Crippen LogP contribution in [0.4, 0.5) is 24.5 Å². The summed E-state index contributed by atoms with van der Waals surface area (Å²) in [6.07, 6.45) is -5.03. The Morgan fingerprint density at radius 1 is 1.03 bits per heavy atom. The predicted octanol–water partition coefficient (Wildman–Crippen LogP) is 3.64. The van der Waals surface area contributed by atoms with Gasteiger partial charge in [-0.1, -0.05) is 11.6 Å². The zero-order chi connectivity index (χ0) is 21.6. The maximum absolute atomic E-state index is 12.2. The highest BCUT2D eigenvalue weighted by Gasteiger charge is 2.38. The monoisotopic (exact) mass is 430 g/mol. The van der Waals surface area contributed by atoms with Gasteiger partial charge in [0.05, 0.1) is 18.4 Å². The number of nitrogens with one attached hydrogen (secondary N) is 2. The maximum atomic E-state index is 12.2. The van der Waals surface area contributed by atoms with Gasteiger partial charge in [0.15, 0.2) is 6.61 Å². The zero-order valence-electron chi connectivity index (χ0n) is 14.8. The number of esters is 1. The molecular weight excluding hydrogens is 417 g/mol. The SMILES string of the molecule is COc1ccc(Cl)cc1NC(=O)COC(=O)c1ccc(NC(=O)C(F)(F)F)cc1. The molecule has 2 amide bonds. The number of ether oxygens (including phenoxy) is 2. The molecular formula is C18H14ClF3N2O5. The lowest BCUT2D eigenvalue weighted by Gasteiger charge is -2.11. The van der Waals surface area contributed by atoms with Crippen molar-refractivity contribution in [3.05, 3.63) is 53.1 Å². The molecule has 0 unspecified atom stereocenters. The molecule has 2 rings (SSSR count). The van der Waals surface area contributed by atoms with E-state index in [0.29, 0.717) is 10.8 Å². The quantitative estimate of drug-likeness (QED) is 0.682. The summed E-state index contributed by atoms with van der Waals surface area (Å²) in [6.45, 7) is -0.624. The average Bonchev–Trinajstić information content (AvgIpc) is 2.66. The van der Waals surface area contributed by atoms with E-state index in [4.69, 9.17) is 21.1 Å². The van der Waals surface area contributed by atoms with Crippen molar-refractivity contribution in [2.45, 2.75) is 6.18 Å². The van der Waals surface area contributed by atoms with E-state index < -0.39 is 30.6 Å². The number of anilines is 2. The Kier molecular flexibility index (Phi) is 7.05. The summed E-state index contributed by atoms with van der Waals surface area (Å²) in [5.74, 6) is -3.33. The van der Waals surface area contributed by atoms with Crippen LogP contribution in [0.1, 0.15) is 10.4 Å². The molecule has 0 aliphatic rings. The van der Waals surface area contributed by atoms with Crippen LogP contribution in [-0.2, 0) is 14.3 Å². The third kappa shape index (κ3) is 6.39. The van der Waals surface area contributed by atoms with Crippen LogP contribution in [0.15, 0.2) is 42.5 Å². The molecule has 2 N–H and O–H groups in total. The fraction of sp³-hybridized carbons (Fsp3) is 0.167. The van der Waals surface area contributed by atoms with Crippen molar-refractivity contribution < 1.29 is 37.0 Å². The van der Waals surface area contributed by atoms with Gasteiger partial charge < -0.3 is 20.1 Å². The summed E-state index contributed by atoms with van der Waals surface area (Å²) < 4.78 is 46.5. The topological polar surface area (TPSA) is 93.7 Å². The molecule has 0 atom stereocenters. The molecule has 11 heteroatoms. The van der Waals surface area contributed by atoms with Crippen LogP contribution in [0.25, 0.3) is 0 Å². The Morgan fingerprint density at radius 2 is 1.69 bits per heavy atom. The molecule has 154 valence electrons. The lowest BCUT2D eigenvalue weighted by atomic mass is 10.2. The summed E-state index contributed by atoms with van der Waals surface area (Å²) >= 11 is 5.85. The number of methoxy groups -OCH3 is 1. The number of hydrogen-bond donors (Lipinski definition) is 2. The van der Waals surface area contributed by atoms with Gasteiger partial charge in [0, 0.05) is 10.7 Å². The van der Waals surface area contributed by atoms with Crippen molar-refractivity contribution in [3.8, 4) is 5.75 Å².